The maximum Gasteiger partial charge on any atom is 0.177 e. The zero-order chi connectivity index (χ0) is 10.1. The summed E-state index contributed by atoms with van der Waals surface area (Å²) in [5.74, 6) is 0. The minimum Gasteiger partial charge on any atom is -0.396 e. The maximum atomic E-state index is 11.2. The molecule has 0 saturated heterocycles. The standard InChI is InChI=1S/C8H12N2O2S/c1-10-6-4-3-5-7(8(6)9)13(2,11)12/h3-5,10H,9H2,1-2H3. The van der Waals surface area contributed by atoms with Crippen LogP contribution in [-0.4, -0.2) is 21.7 Å². The molecule has 5 heteroatoms. The first-order valence-corrected chi connectivity index (χ1v) is 5.62. The van der Waals surface area contributed by atoms with Gasteiger partial charge in [0.2, 0.25) is 0 Å². The second-order valence-corrected chi connectivity index (χ2v) is 4.72. The lowest BCUT2D eigenvalue weighted by Gasteiger charge is -2.08. The second-order valence-electron chi connectivity index (χ2n) is 2.74. The third kappa shape index (κ3) is 1.92. The van der Waals surface area contributed by atoms with Gasteiger partial charge in [-0.15, -0.1) is 0 Å². The summed E-state index contributed by atoms with van der Waals surface area (Å²) in [6.07, 6.45) is 1.14. The summed E-state index contributed by atoms with van der Waals surface area (Å²) in [6.45, 7) is 0. The average molecular weight is 200 g/mol. The van der Waals surface area contributed by atoms with E-state index >= 15 is 0 Å². The molecular formula is C8H12N2O2S. The Kier molecular flexibility index (Phi) is 2.47. The summed E-state index contributed by atoms with van der Waals surface area (Å²) in [6, 6.07) is 4.87. The van der Waals surface area contributed by atoms with Crippen molar-refractivity contribution in [2.75, 3.05) is 24.4 Å². The first kappa shape index (κ1) is 9.85. The van der Waals surface area contributed by atoms with Gasteiger partial charge >= 0.3 is 0 Å². The summed E-state index contributed by atoms with van der Waals surface area (Å²) in [5.41, 5.74) is 6.54. The van der Waals surface area contributed by atoms with Gasteiger partial charge in [-0.1, -0.05) is 6.07 Å². The highest BCUT2D eigenvalue weighted by Crippen LogP contribution is 2.25. The third-order valence-corrected chi connectivity index (χ3v) is 2.89. The summed E-state index contributed by atoms with van der Waals surface area (Å²) < 4.78 is 22.4. The molecule has 1 aromatic rings. The van der Waals surface area contributed by atoms with Gasteiger partial charge in [-0.3, -0.25) is 0 Å². The summed E-state index contributed by atoms with van der Waals surface area (Å²) in [4.78, 5) is 0.166. The zero-order valence-corrected chi connectivity index (χ0v) is 8.35. The van der Waals surface area contributed by atoms with Crippen LogP contribution in [0.15, 0.2) is 23.1 Å². The van der Waals surface area contributed by atoms with Crippen LogP contribution in [0.1, 0.15) is 0 Å². The smallest absolute Gasteiger partial charge is 0.177 e. The molecule has 0 atom stereocenters. The van der Waals surface area contributed by atoms with Crippen molar-refractivity contribution in [3.63, 3.8) is 0 Å². The van der Waals surface area contributed by atoms with E-state index in [1.165, 1.54) is 6.07 Å². The van der Waals surface area contributed by atoms with E-state index in [1.54, 1.807) is 19.2 Å². The Hall–Kier alpha value is -1.23. The normalized spacial score (nSPS) is 11.2. The molecule has 13 heavy (non-hydrogen) atoms. The quantitative estimate of drug-likeness (QED) is 0.690. The number of hydrogen-bond donors (Lipinski definition) is 2. The topological polar surface area (TPSA) is 72.2 Å². The van der Waals surface area contributed by atoms with E-state index in [2.05, 4.69) is 5.32 Å². The van der Waals surface area contributed by atoms with Gasteiger partial charge in [0, 0.05) is 13.3 Å². The minimum absolute atomic E-state index is 0.166. The molecule has 0 spiro atoms. The molecular weight excluding hydrogens is 188 g/mol. The van der Waals surface area contributed by atoms with E-state index in [4.69, 9.17) is 5.73 Å². The predicted octanol–water partition coefficient (Wildman–Crippen LogP) is 0.714. The lowest BCUT2D eigenvalue weighted by Crippen LogP contribution is -2.04. The molecule has 72 valence electrons. The van der Waals surface area contributed by atoms with E-state index in [0.717, 1.165) is 6.26 Å². The Morgan fingerprint density at radius 3 is 2.46 bits per heavy atom. The Morgan fingerprint density at radius 1 is 1.38 bits per heavy atom. The van der Waals surface area contributed by atoms with Crippen LogP contribution < -0.4 is 11.1 Å². The average Bonchev–Trinajstić information content (AvgIpc) is 2.02. The third-order valence-electron chi connectivity index (χ3n) is 1.73. The lowest BCUT2D eigenvalue weighted by molar-refractivity contribution is 0.602. The molecule has 0 heterocycles. The van der Waals surface area contributed by atoms with Gasteiger partial charge in [-0.25, -0.2) is 8.42 Å². The second kappa shape index (κ2) is 3.26. The number of nitrogens with two attached hydrogens (primary N) is 1. The van der Waals surface area contributed by atoms with E-state index in [1.807, 2.05) is 0 Å². The molecule has 0 saturated carbocycles. The number of rotatable bonds is 2. The van der Waals surface area contributed by atoms with Gasteiger partial charge in [-0.2, -0.15) is 0 Å². The fourth-order valence-corrected chi connectivity index (χ4v) is 1.92. The summed E-state index contributed by atoms with van der Waals surface area (Å²) in [7, 11) is -1.54. The Labute approximate surface area is 77.7 Å². The van der Waals surface area contributed by atoms with Gasteiger partial charge in [0.05, 0.1) is 16.3 Å². The lowest BCUT2D eigenvalue weighted by atomic mass is 10.3. The monoisotopic (exact) mass is 200 g/mol. The maximum absolute atomic E-state index is 11.2. The number of anilines is 2. The van der Waals surface area contributed by atoms with Crippen molar-refractivity contribution in [2.24, 2.45) is 0 Å². The van der Waals surface area contributed by atoms with Gasteiger partial charge in [0.1, 0.15) is 0 Å². The van der Waals surface area contributed by atoms with Crippen LogP contribution in [-0.2, 0) is 9.84 Å². The van der Waals surface area contributed by atoms with Crippen LogP contribution >= 0.6 is 0 Å². The fraction of sp³-hybridized carbons (Fsp3) is 0.250. The number of nitrogens with one attached hydrogen (secondary N) is 1. The fourth-order valence-electron chi connectivity index (χ4n) is 1.09. The number of nitrogen functional groups attached to an aromatic ring is 1. The van der Waals surface area contributed by atoms with Crippen molar-refractivity contribution >= 4 is 21.2 Å². The van der Waals surface area contributed by atoms with Crippen LogP contribution in [0.2, 0.25) is 0 Å². The van der Waals surface area contributed by atoms with Crippen molar-refractivity contribution in [3.05, 3.63) is 18.2 Å². The van der Waals surface area contributed by atoms with Crippen molar-refractivity contribution < 1.29 is 8.42 Å². The Morgan fingerprint density at radius 2 is 2.00 bits per heavy atom. The molecule has 0 amide bonds. The SMILES string of the molecule is CNc1cccc(S(C)(=O)=O)c1N. The highest BCUT2D eigenvalue weighted by Gasteiger charge is 2.12. The molecule has 0 radical (unpaired) electrons. The van der Waals surface area contributed by atoms with Crippen LogP contribution in [0.5, 0.6) is 0 Å². The number of benzene rings is 1. The highest BCUT2D eigenvalue weighted by atomic mass is 32.2. The van der Waals surface area contributed by atoms with Crippen LogP contribution in [0.25, 0.3) is 0 Å². The molecule has 0 aliphatic carbocycles. The van der Waals surface area contributed by atoms with E-state index in [9.17, 15) is 8.42 Å². The number of hydrogen-bond acceptors (Lipinski definition) is 4. The van der Waals surface area contributed by atoms with Gasteiger partial charge in [0.25, 0.3) is 0 Å². The zero-order valence-electron chi connectivity index (χ0n) is 7.53. The predicted molar refractivity (Wildman–Crippen MR) is 53.5 cm³/mol. The summed E-state index contributed by atoms with van der Waals surface area (Å²) in [5, 5.41) is 2.82. The van der Waals surface area contributed by atoms with Gasteiger partial charge in [0.15, 0.2) is 9.84 Å². The first-order valence-electron chi connectivity index (χ1n) is 3.73. The molecule has 3 N–H and O–H groups in total. The van der Waals surface area contributed by atoms with Crippen molar-refractivity contribution in [1.82, 2.24) is 0 Å². The van der Waals surface area contributed by atoms with Crippen LogP contribution in [0.4, 0.5) is 11.4 Å². The molecule has 1 rings (SSSR count). The van der Waals surface area contributed by atoms with Gasteiger partial charge in [-0.05, 0) is 12.1 Å². The van der Waals surface area contributed by atoms with Gasteiger partial charge < -0.3 is 11.1 Å². The number of sulfone groups is 1. The largest absolute Gasteiger partial charge is 0.396 e. The minimum atomic E-state index is -3.23. The molecule has 0 aromatic heterocycles. The molecule has 0 aliphatic rings. The Bertz CT molecular complexity index is 412. The van der Waals surface area contributed by atoms with E-state index < -0.39 is 9.84 Å². The van der Waals surface area contributed by atoms with Crippen LogP contribution in [0.3, 0.4) is 0 Å². The molecule has 4 nitrogen and oxygen atoms in total. The molecule has 0 bridgehead atoms. The molecule has 0 unspecified atom stereocenters. The van der Waals surface area contributed by atoms with Crippen molar-refractivity contribution in [1.29, 1.82) is 0 Å². The van der Waals surface area contributed by atoms with Crippen LogP contribution in [0, 0.1) is 0 Å². The highest BCUT2D eigenvalue weighted by molar-refractivity contribution is 7.90. The van der Waals surface area contributed by atoms with Crippen molar-refractivity contribution in [2.45, 2.75) is 4.90 Å². The summed E-state index contributed by atoms with van der Waals surface area (Å²) >= 11 is 0. The number of para-hydroxylation sites is 1. The molecule has 0 aliphatic heterocycles. The molecule has 1 aromatic carbocycles. The Balaban J connectivity index is 3.41. The first-order chi connectivity index (χ1) is 5.96. The van der Waals surface area contributed by atoms with E-state index in [0.29, 0.717) is 5.69 Å². The van der Waals surface area contributed by atoms with Crippen molar-refractivity contribution in [3.8, 4) is 0 Å². The molecule has 0 fully saturated rings. The van der Waals surface area contributed by atoms with E-state index in [-0.39, 0.29) is 10.6 Å².